The van der Waals surface area contributed by atoms with Gasteiger partial charge in [-0.05, 0) is 25.1 Å². The average Bonchev–Trinajstić information content (AvgIpc) is 2.76. The van der Waals surface area contributed by atoms with Gasteiger partial charge in [0.1, 0.15) is 5.69 Å². The van der Waals surface area contributed by atoms with E-state index < -0.39 is 0 Å². The van der Waals surface area contributed by atoms with Gasteiger partial charge in [-0.25, -0.2) is 0 Å². The molecule has 5 nitrogen and oxygen atoms in total. The highest BCUT2D eigenvalue weighted by Crippen LogP contribution is 2.15. The minimum absolute atomic E-state index is 0.476. The van der Waals surface area contributed by atoms with Crippen LogP contribution in [0.15, 0.2) is 22.9 Å². The highest BCUT2D eigenvalue weighted by Gasteiger charge is 2.08. The fraction of sp³-hybridized carbons (Fsp3) is 0.300. The normalized spacial score (nSPS) is 10.6. The molecule has 2 heterocycles. The Morgan fingerprint density at radius 2 is 2.25 bits per heavy atom. The summed E-state index contributed by atoms with van der Waals surface area (Å²) in [6.07, 6.45) is 3.07. The van der Waals surface area contributed by atoms with Crippen molar-refractivity contribution in [2.24, 2.45) is 5.73 Å². The first-order valence-corrected chi connectivity index (χ1v) is 5.32. The van der Waals surface area contributed by atoms with Crippen molar-refractivity contribution in [2.75, 3.05) is 6.54 Å². The minimum Gasteiger partial charge on any atom is -0.339 e. The van der Waals surface area contributed by atoms with Gasteiger partial charge in [0.05, 0.1) is 5.02 Å². The lowest BCUT2D eigenvalue weighted by Gasteiger charge is -1.92. The van der Waals surface area contributed by atoms with E-state index in [1.165, 1.54) is 0 Å². The van der Waals surface area contributed by atoms with E-state index in [1.54, 1.807) is 18.3 Å². The van der Waals surface area contributed by atoms with Crippen LogP contribution in [0.4, 0.5) is 0 Å². The Kier molecular flexibility index (Phi) is 3.48. The SMILES string of the molecule is NCCCc1nc(-c2ccc(Cl)cn2)no1. The Hall–Kier alpha value is -1.46. The second kappa shape index (κ2) is 5.05. The van der Waals surface area contributed by atoms with E-state index in [-0.39, 0.29) is 0 Å². The van der Waals surface area contributed by atoms with Crippen molar-refractivity contribution in [2.45, 2.75) is 12.8 Å². The molecule has 6 heteroatoms. The summed E-state index contributed by atoms with van der Waals surface area (Å²) in [6.45, 7) is 0.608. The molecule has 0 aliphatic heterocycles. The van der Waals surface area contributed by atoms with Crippen LogP contribution in [-0.2, 0) is 6.42 Å². The van der Waals surface area contributed by atoms with Gasteiger partial charge in [0.25, 0.3) is 0 Å². The van der Waals surface area contributed by atoms with E-state index in [1.807, 2.05) is 0 Å². The number of nitrogens with zero attached hydrogens (tertiary/aromatic N) is 3. The van der Waals surface area contributed by atoms with Crippen molar-refractivity contribution in [1.29, 1.82) is 0 Å². The zero-order valence-electron chi connectivity index (χ0n) is 8.56. The quantitative estimate of drug-likeness (QED) is 0.877. The summed E-state index contributed by atoms with van der Waals surface area (Å²) in [6, 6.07) is 3.49. The molecule has 2 N–H and O–H groups in total. The third-order valence-corrected chi connectivity index (χ3v) is 2.24. The van der Waals surface area contributed by atoms with E-state index in [2.05, 4.69) is 15.1 Å². The molecule has 0 aromatic carbocycles. The minimum atomic E-state index is 0.476. The van der Waals surface area contributed by atoms with Gasteiger partial charge < -0.3 is 10.3 Å². The molecule has 0 radical (unpaired) electrons. The van der Waals surface area contributed by atoms with Crippen molar-refractivity contribution in [3.8, 4) is 11.5 Å². The summed E-state index contributed by atoms with van der Waals surface area (Å²) in [5.41, 5.74) is 6.04. The maximum absolute atomic E-state index is 5.73. The van der Waals surface area contributed by atoms with Crippen molar-refractivity contribution >= 4 is 11.6 Å². The number of aromatic nitrogens is 3. The van der Waals surface area contributed by atoms with Crippen LogP contribution in [0, 0.1) is 0 Å². The maximum Gasteiger partial charge on any atom is 0.227 e. The fourth-order valence-corrected chi connectivity index (χ4v) is 1.33. The second-order valence-corrected chi connectivity index (χ2v) is 3.70. The van der Waals surface area contributed by atoms with Gasteiger partial charge in [0, 0.05) is 12.6 Å². The van der Waals surface area contributed by atoms with Crippen LogP contribution >= 0.6 is 11.6 Å². The van der Waals surface area contributed by atoms with Crippen LogP contribution in [0.2, 0.25) is 5.02 Å². The van der Waals surface area contributed by atoms with E-state index in [0.29, 0.717) is 35.4 Å². The zero-order chi connectivity index (χ0) is 11.4. The van der Waals surface area contributed by atoms with Crippen molar-refractivity contribution in [3.63, 3.8) is 0 Å². The topological polar surface area (TPSA) is 77.8 Å². The molecule has 2 aromatic rings. The molecule has 0 bridgehead atoms. The summed E-state index contributed by atoms with van der Waals surface area (Å²) >= 11 is 5.73. The van der Waals surface area contributed by atoms with E-state index in [0.717, 1.165) is 6.42 Å². The molecule has 0 unspecified atom stereocenters. The van der Waals surface area contributed by atoms with Crippen molar-refractivity contribution in [3.05, 3.63) is 29.2 Å². The molecule has 2 rings (SSSR count). The third-order valence-electron chi connectivity index (χ3n) is 2.02. The molecular weight excluding hydrogens is 228 g/mol. The summed E-state index contributed by atoms with van der Waals surface area (Å²) in [5, 5.41) is 4.42. The Balaban J connectivity index is 2.15. The summed E-state index contributed by atoms with van der Waals surface area (Å²) in [5.74, 6) is 1.06. The van der Waals surface area contributed by atoms with Crippen molar-refractivity contribution < 1.29 is 4.52 Å². The first-order valence-electron chi connectivity index (χ1n) is 4.94. The lowest BCUT2D eigenvalue weighted by atomic mass is 10.3. The summed E-state index contributed by atoms with van der Waals surface area (Å²) in [4.78, 5) is 8.31. The van der Waals surface area contributed by atoms with Gasteiger partial charge in [-0.2, -0.15) is 4.98 Å². The standard InChI is InChI=1S/C10H11ClN4O/c11-7-3-4-8(13-6-7)10-14-9(16-15-10)2-1-5-12/h3-4,6H,1-2,5,12H2. The Morgan fingerprint density at radius 3 is 2.94 bits per heavy atom. The monoisotopic (exact) mass is 238 g/mol. The van der Waals surface area contributed by atoms with Gasteiger partial charge in [-0.3, -0.25) is 4.98 Å². The smallest absolute Gasteiger partial charge is 0.227 e. The lowest BCUT2D eigenvalue weighted by molar-refractivity contribution is 0.376. The molecule has 0 aliphatic rings. The number of nitrogens with two attached hydrogens (primary N) is 1. The number of rotatable bonds is 4. The van der Waals surface area contributed by atoms with Crippen LogP contribution in [0.3, 0.4) is 0 Å². The number of halogens is 1. The van der Waals surface area contributed by atoms with Gasteiger partial charge in [0.2, 0.25) is 11.7 Å². The second-order valence-electron chi connectivity index (χ2n) is 3.27. The van der Waals surface area contributed by atoms with E-state index >= 15 is 0 Å². The number of hydrogen-bond acceptors (Lipinski definition) is 5. The molecule has 0 amide bonds. The van der Waals surface area contributed by atoms with Gasteiger partial charge in [-0.15, -0.1) is 0 Å². The predicted octanol–water partition coefficient (Wildman–Crippen LogP) is 1.68. The molecular formula is C10H11ClN4O. The van der Waals surface area contributed by atoms with Crippen LogP contribution in [0.25, 0.3) is 11.5 Å². The largest absolute Gasteiger partial charge is 0.339 e. The molecule has 0 saturated heterocycles. The third kappa shape index (κ3) is 2.56. The molecule has 0 aliphatic carbocycles. The molecule has 16 heavy (non-hydrogen) atoms. The Bertz CT molecular complexity index is 454. The molecule has 0 fully saturated rings. The summed E-state index contributed by atoms with van der Waals surface area (Å²) < 4.78 is 5.06. The predicted molar refractivity (Wildman–Crippen MR) is 59.9 cm³/mol. The average molecular weight is 239 g/mol. The number of aryl methyl sites for hydroxylation is 1. The molecule has 0 spiro atoms. The first kappa shape index (κ1) is 11.0. The molecule has 0 atom stereocenters. The van der Waals surface area contributed by atoms with Crippen LogP contribution in [0.1, 0.15) is 12.3 Å². The first-order chi connectivity index (χ1) is 7.79. The van der Waals surface area contributed by atoms with E-state index in [9.17, 15) is 0 Å². The maximum atomic E-state index is 5.73. The molecule has 2 aromatic heterocycles. The fourth-order valence-electron chi connectivity index (χ4n) is 1.22. The lowest BCUT2D eigenvalue weighted by Crippen LogP contribution is -2.00. The van der Waals surface area contributed by atoms with Crippen LogP contribution < -0.4 is 5.73 Å². The highest BCUT2D eigenvalue weighted by atomic mass is 35.5. The summed E-state index contributed by atoms with van der Waals surface area (Å²) in [7, 11) is 0. The van der Waals surface area contributed by atoms with Gasteiger partial charge >= 0.3 is 0 Å². The highest BCUT2D eigenvalue weighted by molar-refractivity contribution is 6.30. The molecule has 0 saturated carbocycles. The van der Waals surface area contributed by atoms with E-state index in [4.69, 9.17) is 21.9 Å². The van der Waals surface area contributed by atoms with Crippen LogP contribution in [-0.4, -0.2) is 21.7 Å². The Morgan fingerprint density at radius 1 is 1.38 bits per heavy atom. The zero-order valence-corrected chi connectivity index (χ0v) is 9.31. The number of pyridine rings is 1. The van der Waals surface area contributed by atoms with Gasteiger partial charge in [-0.1, -0.05) is 16.8 Å². The Labute approximate surface area is 97.6 Å². The molecule has 84 valence electrons. The van der Waals surface area contributed by atoms with Crippen molar-refractivity contribution in [1.82, 2.24) is 15.1 Å². The van der Waals surface area contributed by atoms with Crippen LogP contribution in [0.5, 0.6) is 0 Å². The number of hydrogen-bond donors (Lipinski definition) is 1. The van der Waals surface area contributed by atoms with Gasteiger partial charge in [0.15, 0.2) is 0 Å².